The molecule has 3 aromatic heterocycles. The summed E-state index contributed by atoms with van der Waals surface area (Å²) in [5.74, 6) is 7.71. The van der Waals surface area contributed by atoms with Gasteiger partial charge >= 0.3 is 0 Å². The Hall–Kier alpha value is -9.47. The van der Waals surface area contributed by atoms with E-state index in [1.165, 1.54) is 35.1 Å². The Balaban J connectivity index is 0.000000385. The third-order valence-electron chi connectivity index (χ3n) is 16.4. The van der Waals surface area contributed by atoms with Crippen LogP contribution in [0.1, 0.15) is 59.2 Å². The Kier molecular flexibility index (Phi) is 41.6. The number of carbonyl (C=O) groups is 1. The number of nitrogens with one attached hydrogen (secondary N) is 3. The minimum absolute atomic E-state index is 0. The Morgan fingerprint density at radius 3 is 1.14 bits per heavy atom. The number of nitrogens with zero attached hydrogens (tertiary/aromatic N) is 11. The number of H-pyrrole nitrogens is 3. The number of carbonyl (C=O) groups excluding carboxylic acids is 1. The fourth-order valence-electron chi connectivity index (χ4n) is 10.5. The van der Waals surface area contributed by atoms with E-state index in [2.05, 4.69) is 175 Å². The second kappa shape index (κ2) is 49.9. The summed E-state index contributed by atoms with van der Waals surface area (Å²) in [6.07, 6.45) is 7.42. The van der Waals surface area contributed by atoms with Crippen LogP contribution in [0, 0.1) is 26.0 Å². The molecule has 0 aliphatic carbocycles. The average molecular weight is 1630 g/mol. The Bertz CT molecular complexity index is 4560. The standard InChI is InChI=1S/C30H36N6OS.C19H21N3O2.C11H17N3O2S.C11H19N3S.C6H5FN2O2.C5H13NS.CH4.2H2/c1-35(2)15-5-17-37-23-11-13-25-27(19-23)33-29(31-25)21-7-9-22(10-8-21)30-32-26-14-12-24(20-28(26)34-30)38-18-6-16-36(3)4;1-22(2)10-3-11-24-16-8-9-17-18(12-16)21-19(20-17)15-6-4-14(13-23)5-7-15;1-13(2)6-3-7-17-9-4-5-10(12)11(8-9)14(15)16;1-14(2)6-3-7-15-9-4-5-10(12)11(13)8-9;7-4-1-2-5(8)6(3-4)9(10)11;1-6(2)4-3-5-7;;;/h7-14,19-20H,5-6,15-18H2,1-4H3,(H,31,33)(H,32,34);4-9,12-13H,3,10-11H2,1-2H3,(H,20,21);4-5,8H,3,6-7,12H2,1-2H3;4-5,8H,3,6-7,12-13H2,1-2H3;1-3H,8H2;7H,3-5H2,1-2H3;1H4;2*1H. The second-order valence-corrected chi connectivity index (χ2v) is 31.7. The first kappa shape index (κ1) is 94.1. The summed E-state index contributed by atoms with van der Waals surface area (Å²) >= 11 is 9.40. The number of nitrogens with two attached hydrogens (primary N) is 4. The number of benzene rings is 8. The number of imidazole rings is 3. The quantitative estimate of drug-likeness (QED) is 0.00353. The topological polar surface area (TPSA) is 331 Å². The normalized spacial score (nSPS) is 11.0. The van der Waals surface area contributed by atoms with Crippen molar-refractivity contribution in [1.82, 2.24) is 59.3 Å². The molecule has 25 nitrogen and oxygen atoms in total. The molecule has 8 aromatic carbocycles. The molecule has 113 heavy (non-hydrogen) atoms. The van der Waals surface area contributed by atoms with E-state index in [1.807, 2.05) is 110 Å². The van der Waals surface area contributed by atoms with Crippen molar-refractivity contribution in [2.24, 2.45) is 0 Å². The highest BCUT2D eigenvalue weighted by Gasteiger charge is 2.15. The molecule has 11 aromatic rings. The molecule has 3 heterocycles. The summed E-state index contributed by atoms with van der Waals surface area (Å²) in [6, 6.07) is 47.9. The molecule has 0 aliphatic rings. The van der Waals surface area contributed by atoms with Gasteiger partial charge < -0.3 is 76.8 Å². The van der Waals surface area contributed by atoms with Crippen LogP contribution in [0.15, 0.2) is 172 Å². The number of thiol groups is 1. The van der Waals surface area contributed by atoms with E-state index < -0.39 is 21.4 Å². The van der Waals surface area contributed by atoms with Gasteiger partial charge in [0.2, 0.25) is 0 Å². The number of thioether (sulfide) groups is 3. The predicted octanol–water partition coefficient (Wildman–Crippen LogP) is 16.9. The zero-order valence-corrected chi connectivity index (χ0v) is 69.8. The Morgan fingerprint density at radius 2 is 0.770 bits per heavy atom. The number of rotatable bonds is 34. The molecule has 0 spiro atoms. The van der Waals surface area contributed by atoms with Crippen LogP contribution in [-0.4, -0.2) is 236 Å². The van der Waals surface area contributed by atoms with Gasteiger partial charge in [-0.15, -0.1) is 35.3 Å². The molecule has 0 radical (unpaired) electrons. The van der Waals surface area contributed by atoms with Crippen molar-refractivity contribution in [2.75, 3.05) is 183 Å². The second-order valence-electron chi connectivity index (χ2n) is 27.7. The van der Waals surface area contributed by atoms with Gasteiger partial charge in [0.1, 0.15) is 52.5 Å². The van der Waals surface area contributed by atoms with Gasteiger partial charge in [0.15, 0.2) is 0 Å². The number of nitrogen functional groups attached to an aromatic ring is 4. The third kappa shape index (κ3) is 34.4. The fraction of sp³-hybridized carbons (Fsp3) is 0.373. The zero-order chi connectivity index (χ0) is 81.7. The van der Waals surface area contributed by atoms with Crippen molar-refractivity contribution in [3.05, 3.63) is 189 Å². The van der Waals surface area contributed by atoms with E-state index in [4.69, 9.17) is 42.4 Å². The van der Waals surface area contributed by atoms with Crippen LogP contribution in [0.4, 0.5) is 38.5 Å². The monoisotopic (exact) mass is 1630 g/mol. The van der Waals surface area contributed by atoms with Crippen molar-refractivity contribution in [3.8, 4) is 45.7 Å². The summed E-state index contributed by atoms with van der Waals surface area (Å²) in [5.41, 5.74) is 32.7. The molecule has 0 aliphatic heterocycles. The molecule has 0 saturated heterocycles. The number of hydrogen-bond donors (Lipinski definition) is 8. The molecule has 0 amide bonds. The van der Waals surface area contributed by atoms with Crippen LogP contribution in [0.5, 0.6) is 11.5 Å². The van der Waals surface area contributed by atoms with Gasteiger partial charge in [0, 0.05) is 71.1 Å². The first-order valence-corrected chi connectivity index (χ1v) is 40.3. The van der Waals surface area contributed by atoms with Crippen LogP contribution >= 0.6 is 47.9 Å². The molecular weight excluding hydrogens is 1510 g/mol. The van der Waals surface area contributed by atoms with Crippen molar-refractivity contribution in [1.29, 1.82) is 0 Å². The lowest BCUT2D eigenvalue weighted by Gasteiger charge is -2.10. The summed E-state index contributed by atoms with van der Waals surface area (Å²) in [4.78, 5) is 71.2. The highest BCUT2D eigenvalue weighted by molar-refractivity contribution is 7.99. The lowest BCUT2D eigenvalue weighted by Crippen LogP contribution is -2.15. The molecule has 30 heteroatoms. The van der Waals surface area contributed by atoms with E-state index in [0.29, 0.717) is 30.2 Å². The molecule has 0 bridgehead atoms. The summed E-state index contributed by atoms with van der Waals surface area (Å²) in [6.45, 7) is 7.82. The molecule has 0 fully saturated rings. The smallest absolute Gasteiger partial charge is 0.295 e. The maximum absolute atomic E-state index is 12.3. The summed E-state index contributed by atoms with van der Waals surface area (Å²) in [5, 5.41) is 20.8. The number of nitro benzene ring substituents is 2. The zero-order valence-electron chi connectivity index (χ0n) is 66.5. The number of aromatic amines is 3. The predicted molar refractivity (Wildman–Crippen MR) is 481 cm³/mol. The van der Waals surface area contributed by atoms with Crippen molar-refractivity contribution < 1.29 is 31.4 Å². The molecular formula is C83H119FN18O7S4. The number of halogens is 1. The molecule has 11 rings (SSSR count). The first-order valence-electron chi connectivity index (χ1n) is 36.8. The van der Waals surface area contributed by atoms with Gasteiger partial charge in [0.25, 0.3) is 11.4 Å². The van der Waals surface area contributed by atoms with Gasteiger partial charge in [-0.2, -0.15) is 12.6 Å². The fourth-order valence-corrected chi connectivity index (χ4v) is 13.2. The highest BCUT2D eigenvalue weighted by Crippen LogP contribution is 2.32. The van der Waals surface area contributed by atoms with Crippen molar-refractivity contribution in [3.63, 3.8) is 0 Å². The van der Waals surface area contributed by atoms with Crippen LogP contribution in [0.25, 0.3) is 67.3 Å². The van der Waals surface area contributed by atoms with Gasteiger partial charge in [-0.1, -0.05) is 56.0 Å². The molecule has 11 N–H and O–H groups in total. The maximum atomic E-state index is 12.3. The highest BCUT2D eigenvalue weighted by atomic mass is 32.2. The third-order valence-corrected chi connectivity index (χ3v) is 20.0. The van der Waals surface area contributed by atoms with Gasteiger partial charge in [-0.25, -0.2) is 19.3 Å². The summed E-state index contributed by atoms with van der Waals surface area (Å²) in [7, 11) is 24.9. The molecule has 614 valence electrons. The number of aromatic nitrogens is 6. The lowest BCUT2D eigenvalue weighted by molar-refractivity contribution is -0.384. The SMILES string of the molecule is C.CN(C)CCCOc1ccc2nc(-c3ccc(-c4nc5ccc(SCCCN(C)C)cc5[nH]4)cc3)[nH]c2c1.CN(C)CCCOc1ccc2nc(-c3ccc(C=O)cc3)[nH]c2c1.CN(C)CCCS.CN(C)CCCSc1ccc(N)c(N)c1.CN(C)CCCSc1ccc(N)c([N+](=O)[O-])c1.Nc1ccc(F)cc1[N+](=O)[O-].[HH].[HH]. The van der Waals surface area contributed by atoms with Gasteiger partial charge in [-0.05, 0) is 257 Å². The number of ether oxygens (including phenoxy) is 2. The number of aldehydes is 1. The van der Waals surface area contributed by atoms with Crippen molar-refractivity contribution >= 4 is 121 Å². The largest absolute Gasteiger partial charge is 0.493 e. The van der Waals surface area contributed by atoms with E-state index in [0.717, 1.165) is 190 Å². The minimum atomic E-state index is -0.724. The molecule has 0 saturated carbocycles. The van der Waals surface area contributed by atoms with E-state index in [-0.39, 0.29) is 27.3 Å². The summed E-state index contributed by atoms with van der Waals surface area (Å²) < 4.78 is 24.1. The molecule has 0 atom stereocenters. The van der Waals surface area contributed by atoms with Crippen molar-refractivity contribution in [2.45, 2.75) is 60.6 Å². The minimum Gasteiger partial charge on any atom is -0.493 e. The van der Waals surface area contributed by atoms with Crippen LogP contribution in [-0.2, 0) is 0 Å². The Labute approximate surface area is 686 Å². The number of nitro groups is 2. The lowest BCUT2D eigenvalue weighted by atomic mass is 10.1. The number of anilines is 4. The number of fused-ring (bicyclic) bond motifs is 3. The van der Waals surface area contributed by atoms with Crippen LogP contribution in [0.3, 0.4) is 0 Å². The number of hydrogen-bond acceptors (Lipinski definition) is 24. The van der Waals surface area contributed by atoms with Gasteiger partial charge in [0.05, 0.1) is 73.6 Å². The van der Waals surface area contributed by atoms with Crippen LogP contribution in [0.2, 0.25) is 0 Å². The van der Waals surface area contributed by atoms with E-state index in [9.17, 15) is 29.4 Å². The maximum Gasteiger partial charge on any atom is 0.295 e. The first-order chi connectivity index (χ1) is 53.6. The average Bonchev–Trinajstić information content (AvgIpc) is 1.67. The van der Waals surface area contributed by atoms with E-state index >= 15 is 0 Å². The Morgan fingerprint density at radius 1 is 0.434 bits per heavy atom. The van der Waals surface area contributed by atoms with Crippen LogP contribution < -0.4 is 32.4 Å². The van der Waals surface area contributed by atoms with E-state index in [1.54, 1.807) is 30.0 Å². The molecule has 0 unspecified atom stereocenters. The van der Waals surface area contributed by atoms with Gasteiger partial charge in [-0.3, -0.25) is 25.0 Å².